The summed E-state index contributed by atoms with van der Waals surface area (Å²) in [4.78, 5) is 6.34. The fourth-order valence-electron chi connectivity index (χ4n) is 2.02. The zero-order valence-corrected chi connectivity index (χ0v) is 9.59. The van der Waals surface area contributed by atoms with E-state index in [2.05, 4.69) is 9.88 Å². The zero-order chi connectivity index (χ0) is 11.4. The molecule has 0 aliphatic heterocycles. The van der Waals surface area contributed by atoms with Gasteiger partial charge in [-0.15, -0.1) is 0 Å². The topological polar surface area (TPSA) is 45.6 Å². The lowest BCUT2D eigenvalue weighted by molar-refractivity contribution is 0.283. The Bertz CT molecular complexity index is 340. The number of hydrogen-bond donors (Lipinski definition) is 1. The molecule has 1 aliphatic rings. The lowest BCUT2D eigenvalue weighted by Crippen LogP contribution is -2.41. The Kier molecular flexibility index (Phi) is 3.62. The van der Waals surface area contributed by atoms with E-state index in [0.717, 1.165) is 5.69 Å². The first-order valence-corrected chi connectivity index (χ1v) is 5.72. The van der Waals surface area contributed by atoms with E-state index in [-0.39, 0.29) is 6.61 Å². The van der Waals surface area contributed by atoms with Crippen molar-refractivity contribution in [2.45, 2.75) is 25.3 Å². The molecule has 0 aromatic carbocycles. The van der Waals surface area contributed by atoms with Gasteiger partial charge in [0.25, 0.3) is 0 Å². The summed E-state index contributed by atoms with van der Waals surface area (Å²) in [5.41, 5.74) is 1.09. The van der Waals surface area contributed by atoms with Crippen LogP contribution in [0.15, 0.2) is 18.3 Å². The number of nitrogens with zero attached hydrogens (tertiary/aromatic N) is 2. The highest BCUT2D eigenvalue weighted by atomic mass is 16.5. The van der Waals surface area contributed by atoms with E-state index in [9.17, 15) is 0 Å². The lowest BCUT2D eigenvalue weighted by Gasteiger charge is -2.39. The van der Waals surface area contributed by atoms with Gasteiger partial charge in [-0.3, -0.25) is 0 Å². The fraction of sp³-hybridized carbons (Fsp3) is 0.583. The number of methoxy groups -OCH3 is 1. The van der Waals surface area contributed by atoms with Crippen molar-refractivity contribution < 1.29 is 9.84 Å². The molecule has 1 aromatic rings. The molecule has 0 spiro atoms. The van der Waals surface area contributed by atoms with E-state index in [1.807, 2.05) is 12.1 Å². The third-order valence-electron chi connectivity index (χ3n) is 3.12. The van der Waals surface area contributed by atoms with Crippen LogP contribution < -0.4 is 9.64 Å². The van der Waals surface area contributed by atoms with Gasteiger partial charge in [0.2, 0.25) is 5.88 Å². The van der Waals surface area contributed by atoms with Crippen LogP contribution in [-0.2, 0) is 0 Å². The first kappa shape index (κ1) is 11.2. The van der Waals surface area contributed by atoms with Crippen LogP contribution in [0, 0.1) is 0 Å². The monoisotopic (exact) mass is 222 g/mol. The second kappa shape index (κ2) is 5.16. The van der Waals surface area contributed by atoms with Crippen LogP contribution in [0.1, 0.15) is 19.3 Å². The van der Waals surface area contributed by atoms with Crippen LogP contribution in [0.5, 0.6) is 5.88 Å². The number of anilines is 1. The molecule has 2 rings (SSSR count). The summed E-state index contributed by atoms with van der Waals surface area (Å²) in [6.45, 7) is 0.860. The summed E-state index contributed by atoms with van der Waals surface area (Å²) in [6, 6.07) is 4.46. The van der Waals surface area contributed by atoms with E-state index in [0.29, 0.717) is 18.5 Å². The van der Waals surface area contributed by atoms with E-state index < -0.39 is 0 Å². The van der Waals surface area contributed by atoms with Gasteiger partial charge in [0.15, 0.2) is 0 Å². The summed E-state index contributed by atoms with van der Waals surface area (Å²) in [6.07, 6.45) is 5.46. The molecule has 0 radical (unpaired) electrons. The average molecular weight is 222 g/mol. The zero-order valence-electron chi connectivity index (χ0n) is 9.59. The van der Waals surface area contributed by atoms with Gasteiger partial charge >= 0.3 is 0 Å². The van der Waals surface area contributed by atoms with Crippen molar-refractivity contribution in [2.24, 2.45) is 0 Å². The molecule has 0 unspecified atom stereocenters. The highest BCUT2D eigenvalue weighted by Gasteiger charge is 2.24. The predicted octanol–water partition coefficient (Wildman–Crippen LogP) is 1.44. The van der Waals surface area contributed by atoms with E-state index in [4.69, 9.17) is 9.84 Å². The minimum Gasteiger partial charge on any atom is -0.481 e. The summed E-state index contributed by atoms with van der Waals surface area (Å²) in [5, 5.41) is 9.10. The third-order valence-corrected chi connectivity index (χ3v) is 3.12. The Morgan fingerprint density at radius 3 is 2.94 bits per heavy atom. The molecule has 88 valence electrons. The highest BCUT2D eigenvalue weighted by molar-refractivity contribution is 5.49. The number of hydrogen-bond acceptors (Lipinski definition) is 4. The molecule has 1 aromatic heterocycles. The van der Waals surface area contributed by atoms with Gasteiger partial charge in [-0.2, -0.15) is 0 Å². The smallest absolute Gasteiger partial charge is 0.214 e. The van der Waals surface area contributed by atoms with Gasteiger partial charge in [-0.05, 0) is 25.3 Å². The van der Waals surface area contributed by atoms with Crippen molar-refractivity contribution in [3.63, 3.8) is 0 Å². The third kappa shape index (κ3) is 2.27. The number of aromatic nitrogens is 1. The fourth-order valence-corrected chi connectivity index (χ4v) is 2.02. The van der Waals surface area contributed by atoms with Crippen molar-refractivity contribution in [1.82, 2.24) is 4.98 Å². The quantitative estimate of drug-likeness (QED) is 0.819. The van der Waals surface area contributed by atoms with Crippen molar-refractivity contribution in [1.29, 1.82) is 0 Å². The maximum Gasteiger partial charge on any atom is 0.214 e. The number of aliphatic hydroxyl groups excluding tert-OH is 1. The van der Waals surface area contributed by atoms with E-state index in [1.54, 1.807) is 13.3 Å². The summed E-state index contributed by atoms with van der Waals surface area (Å²) in [7, 11) is 1.62. The van der Waals surface area contributed by atoms with Crippen LogP contribution in [0.25, 0.3) is 0 Å². The maximum atomic E-state index is 9.10. The van der Waals surface area contributed by atoms with Gasteiger partial charge in [0.1, 0.15) is 0 Å². The second-order valence-corrected chi connectivity index (χ2v) is 4.06. The number of aliphatic hydroxyl groups is 1. The minimum atomic E-state index is 0.182. The van der Waals surface area contributed by atoms with Crippen LogP contribution in [-0.4, -0.2) is 36.4 Å². The molecular weight excluding hydrogens is 204 g/mol. The molecule has 4 heteroatoms. The summed E-state index contributed by atoms with van der Waals surface area (Å²) < 4.78 is 5.11. The van der Waals surface area contributed by atoms with Crippen LogP contribution in [0.3, 0.4) is 0 Å². The summed E-state index contributed by atoms with van der Waals surface area (Å²) >= 11 is 0. The van der Waals surface area contributed by atoms with Crippen LogP contribution >= 0.6 is 0 Å². The molecule has 0 saturated heterocycles. The largest absolute Gasteiger partial charge is 0.481 e. The van der Waals surface area contributed by atoms with Crippen molar-refractivity contribution in [3.8, 4) is 5.88 Å². The van der Waals surface area contributed by atoms with Crippen LogP contribution in [0.2, 0.25) is 0 Å². The molecule has 1 saturated carbocycles. The van der Waals surface area contributed by atoms with Crippen molar-refractivity contribution in [3.05, 3.63) is 18.3 Å². The normalized spacial score (nSPS) is 15.6. The van der Waals surface area contributed by atoms with Gasteiger partial charge in [-0.25, -0.2) is 4.98 Å². The standard InChI is InChI=1S/C12H18N2O2/c1-16-12-9-11(5-6-13-12)14(7-8-15)10-3-2-4-10/h5-6,9-10,15H,2-4,7-8H2,1H3. The predicted molar refractivity (Wildman–Crippen MR) is 62.9 cm³/mol. The number of rotatable bonds is 5. The van der Waals surface area contributed by atoms with Crippen molar-refractivity contribution >= 4 is 5.69 Å². The SMILES string of the molecule is COc1cc(N(CCO)C2CCC2)ccn1. The van der Waals surface area contributed by atoms with E-state index >= 15 is 0 Å². The Morgan fingerprint density at radius 1 is 1.56 bits per heavy atom. The number of ether oxygens (including phenoxy) is 1. The van der Waals surface area contributed by atoms with Gasteiger partial charge in [0, 0.05) is 30.5 Å². The first-order valence-electron chi connectivity index (χ1n) is 5.72. The maximum absolute atomic E-state index is 9.10. The first-order chi connectivity index (χ1) is 7.85. The molecular formula is C12H18N2O2. The molecule has 0 bridgehead atoms. The van der Waals surface area contributed by atoms with Crippen LogP contribution in [0.4, 0.5) is 5.69 Å². The van der Waals surface area contributed by atoms with Gasteiger partial charge in [0.05, 0.1) is 13.7 Å². The molecule has 4 nitrogen and oxygen atoms in total. The molecule has 1 N–H and O–H groups in total. The second-order valence-electron chi connectivity index (χ2n) is 4.06. The average Bonchev–Trinajstić information content (AvgIpc) is 2.26. The Balaban J connectivity index is 2.16. The molecule has 16 heavy (non-hydrogen) atoms. The lowest BCUT2D eigenvalue weighted by atomic mass is 9.91. The molecule has 0 atom stereocenters. The number of pyridine rings is 1. The Labute approximate surface area is 95.9 Å². The Morgan fingerprint density at radius 2 is 2.38 bits per heavy atom. The molecule has 1 fully saturated rings. The summed E-state index contributed by atoms with van der Waals surface area (Å²) in [5.74, 6) is 0.625. The molecule has 1 heterocycles. The van der Waals surface area contributed by atoms with E-state index in [1.165, 1.54) is 19.3 Å². The molecule has 0 amide bonds. The minimum absolute atomic E-state index is 0.182. The highest BCUT2D eigenvalue weighted by Crippen LogP contribution is 2.30. The van der Waals surface area contributed by atoms with Gasteiger partial charge in [-0.1, -0.05) is 0 Å². The van der Waals surface area contributed by atoms with Crippen molar-refractivity contribution in [2.75, 3.05) is 25.2 Å². The van der Waals surface area contributed by atoms with Gasteiger partial charge < -0.3 is 14.7 Å². The molecule has 1 aliphatic carbocycles. The Hall–Kier alpha value is -1.29.